The first-order valence-electron chi connectivity index (χ1n) is 7.13. The van der Waals surface area contributed by atoms with Crippen molar-refractivity contribution in [1.29, 1.82) is 0 Å². The number of aromatic amines is 1. The maximum Gasteiger partial charge on any atom is 0.199 e. The number of hydrogen-bond donors (Lipinski definition) is 1. The molecule has 0 aliphatic heterocycles. The normalized spacial score (nSPS) is 17.6. The number of nitrogens with one attached hydrogen (secondary N) is 1. The van der Waals surface area contributed by atoms with Crippen LogP contribution in [0.25, 0.3) is 5.69 Å². The number of para-hydroxylation sites is 1. The molecule has 0 saturated carbocycles. The highest BCUT2D eigenvalue weighted by Gasteiger charge is 2.27. The topological polar surface area (TPSA) is 33.6 Å². The third-order valence-electron chi connectivity index (χ3n) is 4.08. The average molecular weight is 313 g/mol. The molecule has 21 heavy (non-hydrogen) atoms. The zero-order valence-electron chi connectivity index (χ0n) is 11.5. The van der Waals surface area contributed by atoms with Gasteiger partial charge in [-0.2, -0.15) is 5.10 Å². The van der Waals surface area contributed by atoms with Gasteiger partial charge in [0.25, 0.3) is 0 Å². The van der Waals surface area contributed by atoms with Gasteiger partial charge in [-0.25, -0.2) is 0 Å². The van der Waals surface area contributed by atoms with Gasteiger partial charge in [0.2, 0.25) is 0 Å². The Morgan fingerprint density at radius 2 is 2.10 bits per heavy atom. The molecule has 1 aliphatic rings. The fourth-order valence-electron chi connectivity index (χ4n) is 3.12. The van der Waals surface area contributed by atoms with E-state index in [0.29, 0.717) is 10.7 Å². The first kappa shape index (κ1) is 13.0. The molecule has 106 valence electrons. The van der Waals surface area contributed by atoms with Crippen LogP contribution in [-0.4, -0.2) is 14.8 Å². The van der Waals surface area contributed by atoms with Crippen LogP contribution in [0.4, 0.5) is 0 Å². The summed E-state index contributed by atoms with van der Waals surface area (Å²) < 4.78 is 2.74. The lowest BCUT2D eigenvalue weighted by Crippen LogP contribution is -2.14. The van der Waals surface area contributed by atoms with Crippen molar-refractivity contribution >= 4 is 23.6 Å². The molecule has 0 saturated heterocycles. The lowest BCUT2D eigenvalue weighted by atomic mass is 9.87. The Balaban J connectivity index is 1.87. The highest BCUT2D eigenvalue weighted by atomic mass is 32.1. The number of aromatic nitrogens is 3. The van der Waals surface area contributed by atoms with Gasteiger partial charge in [0.15, 0.2) is 4.77 Å². The minimum Gasteiger partial charge on any atom is -0.272 e. The molecule has 3 nitrogen and oxygen atoms in total. The zero-order valence-corrected chi connectivity index (χ0v) is 13.1. The van der Waals surface area contributed by atoms with Gasteiger partial charge in [0.05, 0.1) is 0 Å². The minimum absolute atomic E-state index is 0.341. The molecule has 3 aromatic rings. The minimum atomic E-state index is 0.341. The molecule has 0 fully saturated rings. The second kappa shape index (κ2) is 5.24. The molecular formula is C16H15N3S2. The molecule has 0 amide bonds. The number of rotatable bonds is 2. The molecule has 5 heteroatoms. The van der Waals surface area contributed by atoms with E-state index in [2.05, 4.69) is 38.3 Å². The molecule has 0 radical (unpaired) electrons. The van der Waals surface area contributed by atoms with Crippen molar-refractivity contribution in [3.8, 4) is 5.69 Å². The highest BCUT2D eigenvalue weighted by molar-refractivity contribution is 7.71. The Morgan fingerprint density at radius 1 is 1.24 bits per heavy atom. The van der Waals surface area contributed by atoms with E-state index in [1.807, 2.05) is 29.5 Å². The quantitative estimate of drug-likeness (QED) is 0.709. The molecule has 1 atom stereocenters. The Morgan fingerprint density at radius 3 is 2.95 bits per heavy atom. The van der Waals surface area contributed by atoms with Crippen LogP contribution in [0.1, 0.15) is 35.0 Å². The number of hydrogen-bond acceptors (Lipinski definition) is 3. The van der Waals surface area contributed by atoms with Gasteiger partial charge < -0.3 is 0 Å². The smallest absolute Gasteiger partial charge is 0.199 e. The predicted molar refractivity (Wildman–Crippen MR) is 87.8 cm³/mol. The molecule has 2 aromatic heterocycles. The average Bonchev–Trinajstić information content (AvgIpc) is 3.14. The van der Waals surface area contributed by atoms with E-state index < -0.39 is 0 Å². The standard InChI is InChI=1S/C16H15N3S2/c20-16-18-17-15(19(16)11-5-2-1-3-6-11)13-7-4-8-14-12(13)9-10-21-14/h1-3,5-6,9-10,13H,4,7-8H2,(H,18,20). The predicted octanol–water partition coefficient (Wildman–Crippen LogP) is 4.46. The number of nitrogens with zero attached hydrogens (tertiary/aromatic N) is 2. The molecule has 1 aliphatic carbocycles. The van der Waals surface area contributed by atoms with E-state index >= 15 is 0 Å². The van der Waals surface area contributed by atoms with Crippen molar-refractivity contribution in [2.45, 2.75) is 25.2 Å². The molecule has 2 heterocycles. The summed E-state index contributed by atoms with van der Waals surface area (Å²) in [6, 6.07) is 12.5. The van der Waals surface area contributed by atoms with Crippen LogP contribution in [0.15, 0.2) is 41.8 Å². The van der Waals surface area contributed by atoms with Crippen molar-refractivity contribution in [3.63, 3.8) is 0 Å². The molecule has 0 bridgehead atoms. The summed E-state index contributed by atoms with van der Waals surface area (Å²) in [4.78, 5) is 1.50. The van der Waals surface area contributed by atoms with Crippen LogP contribution >= 0.6 is 23.6 Å². The first-order chi connectivity index (χ1) is 10.3. The molecule has 1 aromatic carbocycles. The summed E-state index contributed by atoms with van der Waals surface area (Å²) in [6.07, 6.45) is 3.54. The molecular weight excluding hydrogens is 298 g/mol. The molecule has 1 N–H and O–H groups in total. The lowest BCUT2D eigenvalue weighted by Gasteiger charge is -2.22. The highest BCUT2D eigenvalue weighted by Crippen LogP contribution is 2.38. The molecule has 1 unspecified atom stereocenters. The molecule has 4 rings (SSSR count). The van der Waals surface area contributed by atoms with Gasteiger partial charge in [-0.1, -0.05) is 18.2 Å². The maximum absolute atomic E-state index is 5.45. The second-order valence-corrected chi connectivity index (χ2v) is 6.69. The number of aryl methyl sites for hydroxylation is 1. The Labute approximate surface area is 132 Å². The summed E-state index contributed by atoms with van der Waals surface area (Å²) in [7, 11) is 0. The van der Waals surface area contributed by atoms with Crippen molar-refractivity contribution in [1.82, 2.24) is 14.8 Å². The van der Waals surface area contributed by atoms with E-state index in [1.165, 1.54) is 23.3 Å². The van der Waals surface area contributed by atoms with E-state index in [-0.39, 0.29) is 0 Å². The van der Waals surface area contributed by atoms with Gasteiger partial charge in [-0.15, -0.1) is 11.3 Å². The van der Waals surface area contributed by atoms with Gasteiger partial charge in [-0.3, -0.25) is 9.67 Å². The van der Waals surface area contributed by atoms with Crippen LogP contribution in [0.2, 0.25) is 0 Å². The van der Waals surface area contributed by atoms with Gasteiger partial charge in [-0.05, 0) is 60.6 Å². The van der Waals surface area contributed by atoms with Gasteiger partial charge in [0, 0.05) is 16.5 Å². The van der Waals surface area contributed by atoms with E-state index in [9.17, 15) is 0 Å². The fraction of sp³-hybridized carbons (Fsp3) is 0.250. The van der Waals surface area contributed by atoms with Crippen LogP contribution in [0, 0.1) is 4.77 Å². The van der Waals surface area contributed by atoms with Crippen LogP contribution in [-0.2, 0) is 6.42 Å². The number of thiophene rings is 1. The zero-order chi connectivity index (χ0) is 14.2. The van der Waals surface area contributed by atoms with E-state index in [1.54, 1.807) is 0 Å². The number of H-pyrrole nitrogens is 1. The van der Waals surface area contributed by atoms with Crippen molar-refractivity contribution in [3.05, 3.63) is 62.8 Å². The van der Waals surface area contributed by atoms with E-state index in [4.69, 9.17) is 12.2 Å². The van der Waals surface area contributed by atoms with Gasteiger partial charge in [0.1, 0.15) is 5.82 Å². The van der Waals surface area contributed by atoms with Crippen LogP contribution in [0.5, 0.6) is 0 Å². The monoisotopic (exact) mass is 313 g/mol. The van der Waals surface area contributed by atoms with Crippen molar-refractivity contribution < 1.29 is 0 Å². The summed E-state index contributed by atoms with van der Waals surface area (Å²) >= 11 is 7.31. The molecule has 0 spiro atoms. The summed E-state index contributed by atoms with van der Waals surface area (Å²) in [5, 5.41) is 9.71. The van der Waals surface area contributed by atoms with Crippen LogP contribution < -0.4 is 0 Å². The van der Waals surface area contributed by atoms with Crippen molar-refractivity contribution in [2.24, 2.45) is 0 Å². The van der Waals surface area contributed by atoms with Crippen LogP contribution in [0.3, 0.4) is 0 Å². The number of fused-ring (bicyclic) bond motifs is 1. The Hall–Kier alpha value is -1.72. The third-order valence-corrected chi connectivity index (χ3v) is 5.35. The maximum atomic E-state index is 5.45. The summed E-state index contributed by atoms with van der Waals surface area (Å²) in [5.74, 6) is 1.37. The largest absolute Gasteiger partial charge is 0.272 e. The van der Waals surface area contributed by atoms with Crippen molar-refractivity contribution in [2.75, 3.05) is 0 Å². The summed E-state index contributed by atoms with van der Waals surface area (Å²) in [5.41, 5.74) is 2.51. The van der Waals surface area contributed by atoms with E-state index in [0.717, 1.165) is 17.9 Å². The summed E-state index contributed by atoms with van der Waals surface area (Å²) in [6.45, 7) is 0. The SMILES string of the molecule is S=c1[nH]nc(C2CCCc3sccc32)n1-c1ccccc1. The lowest BCUT2D eigenvalue weighted by molar-refractivity contribution is 0.589. The fourth-order valence-corrected chi connectivity index (χ4v) is 4.36. The van der Waals surface area contributed by atoms with Gasteiger partial charge >= 0.3 is 0 Å². The Bertz CT molecular complexity index is 813. The second-order valence-electron chi connectivity index (χ2n) is 5.30. The Kier molecular flexibility index (Phi) is 3.24. The third kappa shape index (κ3) is 2.17. The number of benzene rings is 1. The first-order valence-corrected chi connectivity index (χ1v) is 8.42.